The summed E-state index contributed by atoms with van der Waals surface area (Å²) in [5, 5.41) is 9.78. The van der Waals surface area contributed by atoms with Crippen LogP contribution < -0.4 is 10.2 Å². The highest BCUT2D eigenvalue weighted by molar-refractivity contribution is 7.99. The number of hydrogen-bond acceptors (Lipinski definition) is 6. The van der Waals surface area contributed by atoms with Gasteiger partial charge in [-0.15, -0.1) is 0 Å². The molecule has 0 saturated carbocycles. The zero-order valence-corrected chi connectivity index (χ0v) is 20.2. The predicted octanol–water partition coefficient (Wildman–Crippen LogP) is 4.36. The Morgan fingerprint density at radius 1 is 1.12 bits per heavy atom. The Bertz CT molecular complexity index is 1100. The SMILES string of the molecule is Cc1ccc(C(=O)NCCn2ncc3c(N4CCCCC4)nc(SC(C)C)nc32)cc1C. The third-order valence-electron chi connectivity index (χ3n) is 5.83. The van der Waals surface area contributed by atoms with E-state index in [0.717, 1.165) is 40.7 Å². The molecule has 3 aromatic rings. The number of amides is 1. The summed E-state index contributed by atoms with van der Waals surface area (Å²) in [4.78, 5) is 24.6. The molecule has 170 valence electrons. The number of aryl methyl sites for hydroxylation is 2. The van der Waals surface area contributed by atoms with E-state index in [4.69, 9.17) is 9.97 Å². The van der Waals surface area contributed by atoms with Crippen molar-refractivity contribution in [3.63, 3.8) is 0 Å². The van der Waals surface area contributed by atoms with E-state index >= 15 is 0 Å². The molecule has 0 spiro atoms. The van der Waals surface area contributed by atoms with Crippen LogP contribution in [-0.4, -0.2) is 50.5 Å². The molecule has 0 aliphatic carbocycles. The van der Waals surface area contributed by atoms with Crippen LogP contribution in [0.15, 0.2) is 29.6 Å². The molecule has 8 heteroatoms. The number of benzene rings is 1. The number of nitrogens with one attached hydrogen (secondary N) is 1. The molecule has 0 radical (unpaired) electrons. The summed E-state index contributed by atoms with van der Waals surface area (Å²) < 4.78 is 1.88. The Hall–Kier alpha value is -2.61. The minimum absolute atomic E-state index is 0.0655. The van der Waals surface area contributed by atoms with Gasteiger partial charge in [0.25, 0.3) is 5.91 Å². The second-order valence-electron chi connectivity index (χ2n) is 8.70. The van der Waals surface area contributed by atoms with E-state index in [1.165, 1.54) is 24.8 Å². The molecule has 0 atom stereocenters. The molecule has 1 aromatic carbocycles. The zero-order chi connectivity index (χ0) is 22.7. The van der Waals surface area contributed by atoms with Crippen molar-refractivity contribution in [3.05, 3.63) is 41.1 Å². The molecule has 0 unspecified atom stereocenters. The van der Waals surface area contributed by atoms with Crippen molar-refractivity contribution in [1.82, 2.24) is 25.1 Å². The average molecular weight is 453 g/mol. The molecule has 3 heterocycles. The fourth-order valence-electron chi connectivity index (χ4n) is 3.95. The molecular formula is C24H32N6OS. The van der Waals surface area contributed by atoms with E-state index in [2.05, 4.69) is 29.2 Å². The quantitative estimate of drug-likeness (QED) is 0.424. The van der Waals surface area contributed by atoms with Crippen LogP contribution in [0.1, 0.15) is 54.6 Å². The lowest BCUT2D eigenvalue weighted by Gasteiger charge is -2.28. The van der Waals surface area contributed by atoms with Crippen molar-refractivity contribution in [2.75, 3.05) is 24.5 Å². The largest absolute Gasteiger partial charge is 0.356 e. The number of hydrogen-bond donors (Lipinski definition) is 1. The molecule has 2 aromatic heterocycles. The van der Waals surface area contributed by atoms with Crippen molar-refractivity contribution in [2.45, 2.75) is 63.9 Å². The molecule has 1 aliphatic rings. The van der Waals surface area contributed by atoms with Gasteiger partial charge in [-0.2, -0.15) is 5.10 Å². The average Bonchev–Trinajstić information content (AvgIpc) is 3.18. The normalized spacial score (nSPS) is 14.3. The van der Waals surface area contributed by atoms with E-state index < -0.39 is 0 Å². The van der Waals surface area contributed by atoms with Crippen LogP contribution in [-0.2, 0) is 6.54 Å². The smallest absolute Gasteiger partial charge is 0.251 e. The molecule has 1 N–H and O–H groups in total. The molecule has 7 nitrogen and oxygen atoms in total. The number of thioether (sulfide) groups is 1. The number of carbonyl (C=O) groups is 1. The van der Waals surface area contributed by atoms with Gasteiger partial charge in [-0.3, -0.25) is 4.79 Å². The first-order chi connectivity index (χ1) is 15.4. The highest BCUT2D eigenvalue weighted by Gasteiger charge is 2.20. The Balaban J connectivity index is 1.53. The summed E-state index contributed by atoms with van der Waals surface area (Å²) in [5.74, 6) is 0.924. The number of rotatable bonds is 7. The fourth-order valence-corrected chi connectivity index (χ4v) is 4.65. The highest BCUT2D eigenvalue weighted by Crippen LogP contribution is 2.30. The Kier molecular flexibility index (Phi) is 6.98. The van der Waals surface area contributed by atoms with Crippen molar-refractivity contribution < 1.29 is 4.79 Å². The van der Waals surface area contributed by atoms with Gasteiger partial charge < -0.3 is 10.2 Å². The monoisotopic (exact) mass is 452 g/mol. The third-order valence-corrected chi connectivity index (χ3v) is 6.70. The third kappa shape index (κ3) is 5.06. The number of nitrogens with zero attached hydrogens (tertiary/aromatic N) is 5. The lowest BCUT2D eigenvalue weighted by Crippen LogP contribution is -2.30. The maximum Gasteiger partial charge on any atom is 0.251 e. The van der Waals surface area contributed by atoms with Crippen LogP contribution >= 0.6 is 11.8 Å². The van der Waals surface area contributed by atoms with Gasteiger partial charge in [-0.05, 0) is 56.4 Å². The molecule has 1 amide bonds. The minimum Gasteiger partial charge on any atom is -0.356 e. The minimum atomic E-state index is -0.0655. The zero-order valence-electron chi connectivity index (χ0n) is 19.4. The Morgan fingerprint density at radius 3 is 2.62 bits per heavy atom. The van der Waals surface area contributed by atoms with Crippen molar-refractivity contribution >= 4 is 34.5 Å². The lowest BCUT2D eigenvalue weighted by molar-refractivity contribution is 0.0952. The number of aromatic nitrogens is 4. The Labute approximate surface area is 194 Å². The second kappa shape index (κ2) is 9.90. The molecule has 1 saturated heterocycles. The van der Waals surface area contributed by atoms with Gasteiger partial charge in [0, 0.05) is 30.4 Å². The van der Waals surface area contributed by atoms with Gasteiger partial charge >= 0.3 is 0 Å². The fraction of sp³-hybridized carbons (Fsp3) is 0.500. The number of piperidine rings is 1. The summed E-state index contributed by atoms with van der Waals surface area (Å²) >= 11 is 1.67. The topological polar surface area (TPSA) is 75.9 Å². The number of fused-ring (bicyclic) bond motifs is 1. The van der Waals surface area contributed by atoms with Gasteiger partial charge in [0.1, 0.15) is 5.82 Å². The second-order valence-corrected chi connectivity index (χ2v) is 10.2. The van der Waals surface area contributed by atoms with Crippen LogP contribution in [0.4, 0.5) is 5.82 Å². The molecule has 32 heavy (non-hydrogen) atoms. The van der Waals surface area contributed by atoms with Crippen LogP contribution in [0, 0.1) is 13.8 Å². The van der Waals surface area contributed by atoms with E-state index in [1.807, 2.05) is 42.9 Å². The maximum absolute atomic E-state index is 12.6. The van der Waals surface area contributed by atoms with Gasteiger partial charge in [0.2, 0.25) is 0 Å². The van der Waals surface area contributed by atoms with Gasteiger partial charge in [0.15, 0.2) is 10.8 Å². The van der Waals surface area contributed by atoms with Crippen molar-refractivity contribution in [2.24, 2.45) is 0 Å². The summed E-state index contributed by atoms with van der Waals surface area (Å²) in [6.07, 6.45) is 5.53. The van der Waals surface area contributed by atoms with E-state index in [0.29, 0.717) is 23.9 Å². The summed E-state index contributed by atoms with van der Waals surface area (Å²) in [6.45, 7) is 11.5. The maximum atomic E-state index is 12.6. The molecule has 1 aliphatic heterocycles. The standard InChI is InChI=1S/C24H32N6OS/c1-16(2)32-24-27-21(29-11-6-5-7-12-29)20-15-26-30(22(20)28-24)13-10-25-23(31)19-9-8-17(3)18(4)14-19/h8-9,14-16H,5-7,10-13H2,1-4H3,(H,25,31). The van der Waals surface area contributed by atoms with E-state index in [1.54, 1.807) is 11.8 Å². The van der Waals surface area contributed by atoms with Gasteiger partial charge in [0.05, 0.1) is 18.1 Å². The summed E-state index contributed by atoms with van der Waals surface area (Å²) in [5.41, 5.74) is 3.82. The number of carbonyl (C=O) groups excluding carboxylic acids is 1. The first kappa shape index (κ1) is 22.6. The summed E-state index contributed by atoms with van der Waals surface area (Å²) in [7, 11) is 0. The first-order valence-electron chi connectivity index (χ1n) is 11.4. The predicted molar refractivity (Wildman–Crippen MR) is 131 cm³/mol. The van der Waals surface area contributed by atoms with Crippen LogP contribution in [0.25, 0.3) is 11.0 Å². The summed E-state index contributed by atoms with van der Waals surface area (Å²) in [6, 6.07) is 5.79. The van der Waals surface area contributed by atoms with E-state index in [9.17, 15) is 4.79 Å². The van der Waals surface area contributed by atoms with E-state index in [-0.39, 0.29) is 5.91 Å². The Morgan fingerprint density at radius 2 is 1.91 bits per heavy atom. The molecule has 4 rings (SSSR count). The van der Waals surface area contributed by atoms with Crippen LogP contribution in [0.5, 0.6) is 0 Å². The van der Waals surface area contributed by atoms with Crippen molar-refractivity contribution in [1.29, 1.82) is 0 Å². The molecule has 0 bridgehead atoms. The number of anilines is 1. The van der Waals surface area contributed by atoms with Crippen LogP contribution in [0.2, 0.25) is 0 Å². The lowest BCUT2D eigenvalue weighted by atomic mass is 10.1. The van der Waals surface area contributed by atoms with Gasteiger partial charge in [-0.25, -0.2) is 14.6 Å². The highest BCUT2D eigenvalue weighted by atomic mass is 32.2. The molecule has 1 fully saturated rings. The van der Waals surface area contributed by atoms with Gasteiger partial charge in [-0.1, -0.05) is 31.7 Å². The first-order valence-corrected chi connectivity index (χ1v) is 12.3. The van der Waals surface area contributed by atoms with Crippen LogP contribution in [0.3, 0.4) is 0 Å². The van der Waals surface area contributed by atoms with Crippen molar-refractivity contribution in [3.8, 4) is 0 Å². The molecular weight excluding hydrogens is 420 g/mol.